The lowest BCUT2D eigenvalue weighted by atomic mass is 10.0. The molecule has 1 N–H and O–H groups in total. The Morgan fingerprint density at radius 1 is 1.56 bits per heavy atom. The number of benzene rings is 1. The van der Waals surface area contributed by atoms with E-state index in [1.165, 1.54) is 0 Å². The van der Waals surface area contributed by atoms with E-state index in [0.29, 0.717) is 5.56 Å². The first-order chi connectivity index (χ1) is 7.72. The minimum Gasteiger partial charge on any atom is -0.355 e. The number of aromatic nitrogens is 2. The highest BCUT2D eigenvalue weighted by Crippen LogP contribution is 2.22. The van der Waals surface area contributed by atoms with Crippen LogP contribution in [0.25, 0.3) is 11.1 Å². The molecule has 0 aliphatic heterocycles. The standard InChI is InChI=1S/C12H12N3O/c1-13-12(16)11-6-4-3-5-10(11)9-7-14-15(2)8-9/h3-5,7-8H,1-2H3,(H,13,16). The van der Waals surface area contributed by atoms with E-state index in [1.807, 2.05) is 25.4 Å². The Morgan fingerprint density at radius 2 is 2.38 bits per heavy atom. The molecule has 0 aliphatic rings. The third-order valence-corrected chi connectivity index (χ3v) is 2.33. The minimum atomic E-state index is -0.139. The summed E-state index contributed by atoms with van der Waals surface area (Å²) < 4.78 is 1.70. The quantitative estimate of drug-likeness (QED) is 0.817. The molecule has 0 aliphatic carbocycles. The zero-order valence-corrected chi connectivity index (χ0v) is 9.19. The van der Waals surface area contributed by atoms with Crippen LogP contribution in [-0.4, -0.2) is 22.7 Å². The zero-order valence-electron chi connectivity index (χ0n) is 9.19. The molecule has 1 radical (unpaired) electrons. The van der Waals surface area contributed by atoms with Gasteiger partial charge in [-0.15, -0.1) is 0 Å². The van der Waals surface area contributed by atoms with Gasteiger partial charge in [0, 0.05) is 25.9 Å². The van der Waals surface area contributed by atoms with Crippen LogP contribution in [0.3, 0.4) is 0 Å². The van der Waals surface area contributed by atoms with Crippen molar-refractivity contribution >= 4 is 5.91 Å². The van der Waals surface area contributed by atoms with Crippen molar-refractivity contribution in [3.8, 4) is 11.1 Å². The van der Waals surface area contributed by atoms with Gasteiger partial charge in [-0.1, -0.05) is 18.2 Å². The summed E-state index contributed by atoms with van der Waals surface area (Å²) >= 11 is 0. The maximum Gasteiger partial charge on any atom is 0.252 e. The first kappa shape index (κ1) is 10.4. The van der Waals surface area contributed by atoms with E-state index in [-0.39, 0.29) is 5.91 Å². The van der Waals surface area contributed by atoms with Crippen molar-refractivity contribution in [2.45, 2.75) is 0 Å². The normalized spacial score (nSPS) is 10.1. The molecule has 2 rings (SSSR count). The van der Waals surface area contributed by atoms with Crippen molar-refractivity contribution in [3.63, 3.8) is 0 Å². The Balaban J connectivity index is 2.52. The molecule has 4 nitrogen and oxygen atoms in total. The van der Waals surface area contributed by atoms with E-state index in [1.54, 1.807) is 24.0 Å². The van der Waals surface area contributed by atoms with Gasteiger partial charge in [-0.2, -0.15) is 5.10 Å². The van der Waals surface area contributed by atoms with Gasteiger partial charge in [-0.3, -0.25) is 9.48 Å². The smallest absolute Gasteiger partial charge is 0.252 e. The van der Waals surface area contributed by atoms with Crippen LogP contribution < -0.4 is 5.32 Å². The summed E-state index contributed by atoms with van der Waals surface area (Å²) in [7, 11) is 3.45. The highest BCUT2D eigenvalue weighted by Gasteiger charge is 2.11. The van der Waals surface area contributed by atoms with Gasteiger partial charge in [-0.05, 0) is 11.6 Å². The molecule has 0 saturated heterocycles. The number of carbonyl (C=O) groups excluding carboxylic acids is 1. The summed E-state index contributed by atoms with van der Waals surface area (Å²) in [5.74, 6) is -0.139. The third kappa shape index (κ3) is 1.82. The summed E-state index contributed by atoms with van der Waals surface area (Å²) in [6.07, 6.45) is 3.60. The Bertz CT molecular complexity index is 516. The van der Waals surface area contributed by atoms with Crippen molar-refractivity contribution in [2.24, 2.45) is 7.05 Å². The molecule has 0 unspecified atom stereocenters. The van der Waals surface area contributed by atoms with E-state index in [4.69, 9.17) is 0 Å². The minimum absolute atomic E-state index is 0.139. The maximum absolute atomic E-state index is 11.6. The van der Waals surface area contributed by atoms with Crippen LogP contribution in [0.4, 0.5) is 0 Å². The number of amides is 1. The fourth-order valence-corrected chi connectivity index (χ4v) is 1.55. The van der Waals surface area contributed by atoms with Crippen molar-refractivity contribution < 1.29 is 4.79 Å². The fourth-order valence-electron chi connectivity index (χ4n) is 1.55. The molecule has 16 heavy (non-hydrogen) atoms. The van der Waals surface area contributed by atoms with Crippen LogP contribution in [0.15, 0.2) is 30.6 Å². The second-order valence-corrected chi connectivity index (χ2v) is 3.44. The zero-order chi connectivity index (χ0) is 11.5. The van der Waals surface area contributed by atoms with E-state index in [2.05, 4.69) is 16.5 Å². The molecule has 0 atom stereocenters. The molecular weight excluding hydrogens is 202 g/mol. The van der Waals surface area contributed by atoms with Crippen LogP contribution in [-0.2, 0) is 7.05 Å². The lowest BCUT2D eigenvalue weighted by Crippen LogP contribution is -2.18. The topological polar surface area (TPSA) is 46.9 Å². The SMILES string of the molecule is CNC(=O)c1[c]cccc1-c1cnn(C)c1. The van der Waals surface area contributed by atoms with E-state index in [9.17, 15) is 4.79 Å². The summed E-state index contributed by atoms with van der Waals surface area (Å²) in [6, 6.07) is 8.42. The predicted molar refractivity (Wildman–Crippen MR) is 60.9 cm³/mol. The average molecular weight is 214 g/mol. The number of rotatable bonds is 2. The summed E-state index contributed by atoms with van der Waals surface area (Å²) in [5, 5.41) is 6.69. The highest BCUT2D eigenvalue weighted by atomic mass is 16.1. The Labute approximate surface area is 93.9 Å². The van der Waals surface area contributed by atoms with Gasteiger partial charge in [-0.25, -0.2) is 0 Å². The molecule has 0 spiro atoms. The van der Waals surface area contributed by atoms with Gasteiger partial charge < -0.3 is 5.32 Å². The van der Waals surface area contributed by atoms with Gasteiger partial charge in [0.1, 0.15) is 0 Å². The number of carbonyl (C=O) groups is 1. The second-order valence-electron chi connectivity index (χ2n) is 3.44. The predicted octanol–water partition coefficient (Wildman–Crippen LogP) is 1.25. The molecule has 0 saturated carbocycles. The molecule has 1 heterocycles. The van der Waals surface area contributed by atoms with Crippen LogP contribution in [0.5, 0.6) is 0 Å². The number of hydrogen-bond donors (Lipinski definition) is 1. The molecule has 1 amide bonds. The summed E-state index contributed by atoms with van der Waals surface area (Å²) in [6.45, 7) is 0. The molecule has 4 heteroatoms. The van der Waals surface area contributed by atoms with Crippen LogP contribution in [0, 0.1) is 6.07 Å². The Kier molecular flexibility index (Phi) is 2.72. The fraction of sp³-hybridized carbons (Fsp3) is 0.167. The first-order valence-corrected chi connectivity index (χ1v) is 4.94. The number of aryl methyl sites for hydroxylation is 1. The van der Waals surface area contributed by atoms with Crippen molar-refractivity contribution in [3.05, 3.63) is 42.2 Å². The molecule has 0 fully saturated rings. The second kappa shape index (κ2) is 4.18. The molecule has 1 aromatic carbocycles. The van der Waals surface area contributed by atoms with Crippen LogP contribution in [0.1, 0.15) is 10.4 Å². The maximum atomic E-state index is 11.6. The Hall–Kier alpha value is -2.10. The molecule has 0 bridgehead atoms. The van der Waals surface area contributed by atoms with Gasteiger partial charge >= 0.3 is 0 Å². The van der Waals surface area contributed by atoms with Crippen molar-refractivity contribution in [1.29, 1.82) is 0 Å². The van der Waals surface area contributed by atoms with Gasteiger partial charge in [0.05, 0.1) is 11.8 Å². The van der Waals surface area contributed by atoms with Crippen molar-refractivity contribution in [2.75, 3.05) is 7.05 Å². The number of nitrogens with zero attached hydrogens (tertiary/aromatic N) is 2. The van der Waals surface area contributed by atoms with Crippen LogP contribution >= 0.6 is 0 Å². The number of nitrogens with one attached hydrogen (secondary N) is 1. The number of hydrogen-bond acceptors (Lipinski definition) is 2. The van der Waals surface area contributed by atoms with E-state index >= 15 is 0 Å². The third-order valence-electron chi connectivity index (χ3n) is 2.33. The van der Waals surface area contributed by atoms with Gasteiger partial charge in [0.25, 0.3) is 5.91 Å². The molecule has 1 aromatic heterocycles. The molecule has 81 valence electrons. The molecular formula is C12H12N3O. The Morgan fingerprint density at radius 3 is 3.00 bits per heavy atom. The van der Waals surface area contributed by atoms with Gasteiger partial charge in [0.2, 0.25) is 0 Å². The van der Waals surface area contributed by atoms with E-state index in [0.717, 1.165) is 11.1 Å². The first-order valence-electron chi connectivity index (χ1n) is 4.94. The lowest BCUT2D eigenvalue weighted by Gasteiger charge is -2.05. The molecule has 2 aromatic rings. The lowest BCUT2D eigenvalue weighted by molar-refractivity contribution is 0.0963. The summed E-state index contributed by atoms with van der Waals surface area (Å²) in [5.41, 5.74) is 2.30. The van der Waals surface area contributed by atoms with Crippen LogP contribution in [0.2, 0.25) is 0 Å². The largest absolute Gasteiger partial charge is 0.355 e. The van der Waals surface area contributed by atoms with Crippen molar-refractivity contribution in [1.82, 2.24) is 15.1 Å². The monoisotopic (exact) mass is 214 g/mol. The average Bonchev–Trinajstić information content (AvgIpc) is 2.75. The highest BCUT2D eigenvalue weighted by molar-refractivity contribution is 6.00. The van der Waals surface area contributed by atoms with E-state index < -0.39 is 0 Å². The van der Waals surface area contributed by atoms with Gasteiger partial charge in [0.15, 0.2) is 0 Å². The summed E-state index contributed by atoms with van der Waals surface area (Å²) in [4.78, 5) is 11.6.